The Hall–Kier alpha value is -1.33. The van der Waals surface area contributed by atoms with Crippen molar-refractivity contribution in [3.63, 3.8) is 0 Å². The van der Waals surface area contributed by atoms with Crippen molar-refractivity contribution in [2.45, 2.75) is 44.0 Å². The van der Waals surface area contributed by atoms with E-state index in [9.17, 15) is 19.9 Å². The van der Waals surface area contributed by atoms with Gasteiger partial charge in [0, 0.05) is 13.7 Å². The largest absolute Gasteiger partial charge is 0.394 e. The van der Waals surface area contributed by atoms with Crippen LogP contribution in [0.1, 0.15) is 13.3 Å². The van der Waals surface area contributed by atoms with Crippen LogP contribution in [0.3, 0.4) is 0 Å². The number of hydrogen-bond acceptors (Lipinski definition) is 8. The first kappa shape index (κ1) is 17.7. The number of aliphatic hydroxyl groups is 3. The van der Waals surface area contributed by atoms with Crippen LogP contribution in [0.25, 0.3) is 0 Å². The van der Waals surface area contributed by atoms with E-state index in [0.717, 1.165) is 7.05 Å². The fourth-order valence-corrected chi connectivity index (χ4v) is 1.89. The number of hydrogen-bond donors (Lipinski definition) is 4. The van der Waals surface area contributed by atoms with Crippen molar-refractivity contribution in [1.82, 2.24) is 10.3 Å². The first-order valence-corrected chi connectivity index (χ1v) is 6.57. The quantitative estimate of drug-likeness (QED) is 0.347. The number of nitroso groups, excluding NO2 is 1. The van der Waals surface area contributed by atoms with Crippen molar-refractivity contribution in [3.8, 4) is 0 Å². The van der Waals surface area contributed by atoms with Crippen LogP contribution in [-0.4, -0.2) is 77.3 Å². The average molecular weight is 307 g/mol. The monoisotopic (exact) mass is 307 g/mol. The molecule has 10 heteroatoms. The Bertz CT molecular complexity index is 357. The minimum Gasteiger partial charge on any atom is -0.394 e. The number of carbonyl (C=O) groups is 1. The summed E-state index contributed by atoms with van der Waals surface area (Å²) in [7, 11) is 1.13. The summed E-state index contributed by atoms with van der Waals surface area (Å²) < 4.78 is 10.7. The Balaban J connectivity index is 2.82. The molecule has 0 saturated carbocycles. The SMILES string of the molecule is CCCO[C@H]1O[C@H](CO)[C@@H](O)[C@H](O)[C@H]1NC(=O)N(C)N=O. The highest BCUT2D eigenvalue weighted by atomic mass is 16.7. The fraction of sp³-hybridized carbons (Fsp3) is 0.909. The van der Waals surface area contributed by atoms with Gasteiger partial charge in [0.25, 0.3) is 0 Å². The summed E-state index contributed by atoms with van der Waals surface area (Å²) in [6.45, 7) is 1.63. The van der Waals surface area contributed by atoms with Crippen molar-refractivity contribution < 1.29 is 29.6 Å². The number of rotatable bonds is 6. The lowest BCUT2D eigenvalue weighted by atomic mass is 9.97. The van der Waals surface area contributed by atoms with E-state index < -0.39 is 43.3 Å². The van der Waals surface area contributed by atoms with Gasteiger partial charge >= 0.3 is 6.03 Å². The van der Waals surface area contributed by atoms with Crippen LogP contribution >= 0.6 is 0 Å². The van der Waals surface area contributed by atoms with E-state index in [1.807, 2.05) is 6.92 Å². The number of carbonyl (C=O) groups excluding carboxylic acids is 1. The van der Waals surface area contributed by atoms with Crippen molar-refractivity contribution in [2.24, 2.45) is 5.29 Å². The van der Waals surface area contributed by atoms with Gasteiger partial charge in [-0.15, -0.1) is 4.91 Å². The molecular weight excluding hydrogens is 286 g/mol. The minimum absolute atomic E-state index is 0.291. The summed E-state index contributed by atoms with van der Waals surface area (Å²) in [6.07, 6.45) is -4.27. The maximum absolute atomic E-state index is 11.6. The van der Waals surface area contributed by atoms with Crippen molar-refractivity contribution >= 4 is 6.03 Å². The summed E-state index contributed by atoms with van der Waals surface area (Å²) in [4.78, 5) is 21.9. The molecule has 0 radical (unpaired) electrons. The first-order chi connectivity index (χ1) is 9.96. The molecule has 10 nitrogen and oxygen atoms in total. The second-order valence-electron chi connectivity index (χ2n) is 4.66. The Morgan fingerprint density at radius 3 is 2.62 bits per heavy atom. The maximum Gasteiger partial charge on any atom is 0.340 e. The second kappa shape index (κ2) is 8.20. The molecular formula is C11H21N3O7. The maximum atomic E-state index is 11.6. The summed E-state index contributed by atoms with van der Waals surface area (Å²) in [5.74, 6) is 0. The molecule has 1 aliphatic heterocycles. The predicted molar refractivity (Wildman–Crippen MR) is 69.9 cm³/mol. The molecule has 1 aliphatic rings. The lowest BCUT2D eigenvalue weighted by molar-refractivity contribution is -0.269. The number of amides is 2. The number of nitrogens with one attached hydrogen (secondary N) is 1. The number of urea groups is 1. The van der Waals surface area contributed by atoms with E-state index >= 15 is 0 Å². The molecule has 1 rings (SSSR count). The molecule has 5 atom stereocenters. The van der Waals surface area contributed by atoms with E-state index in [0.29, 0.717) is 18.0 Å². The molecule has 0 aromatic carbocycles. The zero-order valence-corrected chi connectivity index (χ0v) is 11.9. The van der Waals surface area contributed by atoms with Crippen LogP contribution in [0, 0.1) is 4.91 Å². The summed E-state index contributed by atoms with van der Waals surface area (Å²) in [5, 5.41) is 34.2. The molecule has 0 aliphatic carbocycles. The van der Waals surface area contributed by atoms with Crippen LogP contribution < -0.4 is 5.32 Å². The van der Waals surface area contributed by atoms with Gasteiger partial charge < -0.3 is 30.1 Å². The van der Waals surface area contributed by atoms with Gasteiger partial charge in [-0.05, 0) is 6.42 Å². The highest BCUT2D eigenvalue weighted by Gasteiger charge is 2.45. The van der Waals surface area contributed by atoms with Crippen LogP contribution in [0.4, 0.5) is 4.79 Å². The molecule has 0 aromatic heterocycles. The average Bonchev–Trinajstić information content (AvgIpc) is 2.50. The highest BCUT2D eigenvalue weighted by molar-refractivity contribution is 5.73. The number of ether oxygens (including phenoxy) is 2. The lowest BCUT2D eigenvalue weighted by Crippen LogP contribution is -2.65. The summed E-state index contributed by atoms with van der Waals surface area (Å²) in [5.41, 5.74) is 0. The van der Waals surface area contributed by atoms with E-state index in [1.54, 1.807) is 0 Å². The molecule has 0 aromatic rings. The third-order valence-electron chi connectivity index (χ3n) is 3.07. The minimum atomic E-state index is -1.43. The molecule has 4 N–H and O–H groups in total. The van der Waals surface area contributed by atoms with Crippen LogP contribution in [-0.2, 0) is 9.47 Å². The van der Waals surface area contributed by atoms with Gasteiger partial charge in [0.05, 0.1) is 11.9 Å². The summed E-state index contributed by atoms with van der Waals surface area (Å²) in [6, 6.07) is -1.98. The molecule has 0 spiro atoms. The Kier molecular flexibility index (Phi) is 6.92. The van der Waals surface area contributed by atoms with Crippen molar-refractivity contribution in [2.75, 3.05) is 20.3 Å². The van der Waals surface area contributed by atoms with Gasteiger partial charge in [0.2, 0.25) is 0 Å². The standard InChI is InChI=1S/C11H21N3O7/c1-3-4-20-10-7(12-11(18)14(2)13-19)9(17)8(16)6(5-15)21-10/h6-10,15-17H,3-5H2,1-2H3,(H,12,18)/t6-,7-,8-,9-,10+/m1/s1. The normalized spacial score (nSPS) is 32.5. The second-order valence-corrected chi connectivity index (χ2v) is 4.66. The van der Waals surface area contributed by atoms with Crippen LogP contribution in [0.15, 0.2) is 5.29 Å². The predicted octanol–water partition coefficient (Wildman–Crippen LogP) is -1.46. The molecule has 2 amide bonds. The van der Waals surface area contributed by atoms with Gasteiger partial charge in [0.1, 0.15) is 24.4 Å². The van der Waals surface area contributed by atoms with Gasteiger partial charge in [0.15, 0.2) is 6.29 Å². The van der Waals surface area contributed by atoms with Crippen molar-refractivity contribution in [3.05, 3.63) is 4.91 Å². The fourth-order valence-electron chi connectivity index (χ4n) is 1.89. The summed E-state index contributed by atoms with van der Waals surface area (Å²) >= 11 is 0. The van der Waals surface area contributed by atoms with Crippen molar-refractivity contribution in [1.29, 1.82) is 0 Å². The number of nitrogens with zero attached hydrogens (tertiary/aromatic N) is 2. The Morgan fingerprint density at radius 2 is 2.10 bits per heavy atom. The van der Waals surface area contributed by atoms with E-state index in [1.165, 1.54) is 0 Å². The first-order valence-electron chi connectivity index (χ1n) is 6.57. The third-order valence-corrected chi connectivity index (χ3v) is 3.07. The number of aliphatic hydroxyl groups excluding tert-OH is 3. The zero-order chi connectivity index (χ0) is 16.0. The lowest BCUT2D eigenvalue weighted by Gasteiger charge is -2.42. The Morgan fingerprint density at radius 1 is 1.43 bits per heavy atom. The smallest absolute Gasteiger partial charge is 0.340 e. The van der Waals surface area contributed by atoms with E-state index in [2.05, 4.69) is 10.6 Å². The van der Waals surface area contributed by atoms with Gasteiger partial charge in [-0.25, -0.2) is 4.79 Å². The molecule has 0 unspecified atom stereocenters. The van der Waals surface area contributed by atoms with Gasteiger partial charge in [-0.3, -0.25) is 0 Å². The van der Waals surface area contributed by atoms with Gasteiger partial charge in [-0.2, -0.15) is 5.01 Å². The molecule has 0 bridgehead atoms. The molecule has 122 valence electrons. The topological polar surface area (TPSA) is 141 Å². The van der Waals surface area contributed by atoms with Crippen LogP contribution in [0.5, 0.6) is 0 Å². The van der Waals surface area contributed by atoms with E-state index in [-0.39, 0.29) is 0 Å². The molecule has 21 heavy (non-hydrogen) atoms. The van der Waals surface area contributed by atoms with Crippen LogP contribution in [0.2, 0.25) is 0 Å². The molecule has 1 fully saturated rings. The van der Waals surface area contributed by atoms with E-state index in [4.69, 9.17) is 14.6 Å². The zero-order valence-electron chi connectivity index (χ0n) is 11.9. The molecule has 1 saturated heterocycles. The highest BCUT2D eigenvalue weighted by Crippen LogP contribution is 2.22. The molecule has 1 heterocycles. The third kappa shape index (κ3) is 4.32. The van der Waals surface area contributed by atoms with Gasteiger partial charge in [-0.1, -0.05) is 6.92 Å². The Labute approximate surface area is 121 Å².